The normalized spacial score (nSPS) is 11.9. The molecule has 0 saturated carbocycles. The molecule has 166 valence electrons. The zero-order valence-corrected chi connectivity index (χ0v) is 19.0. The summed E-state index contributed by atoms with van der Waals surface area (Å²) in [6.07, 6.45) is 3.11. The van der Waals surface area contributed by atoms with E-state index in [0.29, 0.717) is 11.6 Å². The molecule has 0 aliphatic heterocycles. The smallest absolute Gasteiger partial charge is 0.328 e. The number of anilines is 1. The van der Waals surface area contributed by atoms with Gasteiger partial charge in [0.1, 0.15) is 11.3 Å². The van der Waals surface area contributed by atoms with Gasteiger partial charge in [-0.2, -0.15) is 0 Å². The highest BCUT2D eigenvalue weighted by molar-refractivity contribution is 7.51. The number of rotatable bonds is 7. The number of ether oxygens (including phenoxy) is 1. The lowest BCUT2D eigenvalue weighted by atomic mass is 9.96. The number of aryl methyl sites for hydroxylation is 4. The Hall–Kier alpha value is -2.99. The van der Waals surface area contributed by atoms with Crippen molar-refractivity contribution in [2.24, 2.45) is 0 Å². The molecule has 4 rings (SSSR count). The van der Waals surface area contributed by atoms with E-state index < -0.39 is 7.60 Å². The number of aromatic nitrogens is 2. The van der Waals surface area contributed by atoms with Gasteiger partial charge in [0.15, 0.2) is 5.82 Å². The van der Waals surface area contributed by atoms with Crippen LogP contribution < -0.4 is 10.5 Å². The topological polar surface area (TPSA) is 119 Å². The van der Waals surface area contributed by atoms with Gasteiger partial charge in [0.25, 0.3) is 0 Å². The van der Waals surface area contributed by atoms with Crippen LogP contribution in [0.1, 0.15) is 22.3 Å². The first-order valence-electron chi connectivity index (χ1n) is 10.4. The van der Waals surface area contributed by atoms with Crippen LogP contribution >= 0.6 is 7.60 Å². The van der Waals surface area contributed by atoms with Gasteiger partial charge in [0.05, 0.1) is 18.3 Å². The molecule has 7 nitrogen and oxygen atoms in total. The predicted octanol–water partition coefficient (Wildman–Crippen LogP) is 4.32. The summed E-state index contributed by atoms with van der Waals surface area (Å²) in [6, 6.07) is 14.0. The van der Waals surface area contributed by atoms with Gasteiger partial charge in [-0.1, -0.05) is 18.2 Å². The minimum atomic E-state index is -4.06. The fourth-order valence-corrected chi connectivity index (χ4v) is 4.25. The van der Waals surface area contributed by atoms with Gasteiger partial charge in [-0.15, -0.1) is 0 Å². The van der Waals surface area contributed by atoms with E-state index in [9.17, 15) is 4.57 Å². The van der Waals surface area contributed by atoms with E-state index in [2.05, 4.69) is 22.1 Å². The van der Waals surface area contributed by atoms with Crippen molar-refractivity contribution in [3.05, 3.63) is 70.9 Å². The molecular formula is C24H26N3O4P. The molecular weight excluding hydrogens is 425 g/mol. The maximum Gasteiger partial charge on any atom is 0.328 e. The Balaban J connectivity index is 1.58. The number of nitrogens with zero attached hydrogens (tertiary/aromatic N) is 2. The van der Waals surface area contributed by atoms with Gasteiger partial charge in [-0.25, -0.2) is 4.98 Å². The molecule has 0 aliphatic carbocycles. The number of nitrogens with two attached hydrogens (primary N) is 1. The number of pyridine rings is 2. The quantitative estimate of drug-likeness (QED) is 0.283. The second kappa shape index (κ2) is 8.87. The van der Waals surface area contributed by atoms with E-state index in [1.807, 2.05) is 44.2 Å². The molecule has 4 N–H and O–H groups in total. The van der Waals surface area contributed by atoms with Crippen molar-refractivity contribution in [1.82, 2.24) is 9.97 Å². The standard InChI is InChI=1S/C24H26N3O4P/c1-15-3-8-20-21(13-15)27-24(25)23-22(20)18(9-10-26-23)5-4-17-6-7-19(14-16(17)2)31-11-12-32(28,29)30/h3,6-10,13-14H,4-5,11-12H2,1-2H3,(H2,25,27)(H2,28,29,30). The zero-order chi connectivity index (χ0) is 22.9. The van der Waals surface area contributed by atoms with E-state index in [0.717, 1.165) is 45.8 Å². The fourth-order valence-electron chi connectivity index (χ4n) is 3.92. The molecule has 0 fully saturated rings. The van der Waals surface area contributed by atoms with Crippen molar-refractivity contribution in [2.75, 3.05) is 18.5 Å². The van der Waals surface area contributed by atoms with E-state index in [-0.39, 0.29) is 12.8 Å². The second-order valence-corrected chi connectivity index (χ2v) is 9.81. The largest absolute Gasteiger partial charge is 0.493 e. The van der Waals surface area contributed by atoms with Crippen LogP contribution in [-0.4, -0.2) is 32.5 Å². The first-order valence-corrected chi connectivity index (χ1v) is 12.2. The minimum absolute atomic E-state index is 0.0198. The highest BCUT2D eigenvalue weighted by atomic mass is 31.2. The Morgan fingerprint density at radius 2 is 1.81 bits per heavy atom. The maximum absolute atomic E-state index is 11.0. The number of hydrogen-bond donors (Lipinski definition) is 3. The average Bonchev–Trinajstić information content (AvgIpc) is 2.72. The molecule has 0 amide bonds. The van der Waals surface area contributed by atoms with Crippen LogP contribution in [-0.2, 0) is 17.4 Å². The molecule has 0 spiro atoms. The molecule has 0 saturated heterocycles. The van der Waals surface area contributed by atoms with Crippen LogP contribution in [0.3, 0.4) is 0 Å². The Bertz CT molecular complexity index is 1350. The van der Waals surface area contributed by atoms with E-state index >= 15 is 0 Å². The highest BCUT2D eigenvalue weighted by Crippen LogP contribution is 2.34. The second-order valence-electron chi connectivity index (χ2n) is 8.04. The summed E-state index contributed by atoms with van der Waals surface area (Å²) in [5, 5.41) is 2.10. The Labute approximate surface area is 186 Å². The Morgan fingerprint density at radius 3 is 2.56 bits per heavy atom. The molecule has 32 heavy (non-hydrogen) atoms. The number of nitrogen functional groups attached to an aromatic ring is 1. The van der Waals surface area contributed by atoms with Crippen molar-refractivity contribution in [1.29, 1.82) is 0 Å². The predicted molar refractivity (Wildman–Crippen MR) is 127 cm³/mol. The molecule has 0 aliphatic rings. The number of fused-ring (bicyclic) bond motifs is 3. The van der Waals surface area contributed by atoms with Crippen molar-refractivity contribution < 1.29 is 19.1 Å². The zero-order valence-electron chi connectivity index (χ0n) is 18.1. The number of hydrogen-bond acceptors (Lipinski definition) is 5. The van der Waals surface area contributed by atoms with E-state index in [4.69, 9.17) is 20.3 Å². The fraction of sp³-hybridized carbons (Fsp3) is 0.250. The highest BCUT2D eigenvalue weighted by Gasteiger charge is 2.14. The first-order chi connectivity index (χ1) is 15.2. The Kier molecular flexibility index (Phi) is 6.15. The summed E-state index contributed by atoms with van der Waals surface area (Å²) in [4.78, 5) is 26.9. The third-order valence-corrected chi connectivity index (χ3v) is 6.34. The third-order valence-electron chi connectivity index (χ3n) is 5.57. The SMILES string of the molecule is Cc1ccc2c(c1)nc(N)c1nccc(CCc3ccc(OCCP(=O)(O)O)cc3C)c12. The van der Waals surface area contributed by atoms with E-state index in [1.165, 1.54) is 11.1 Å². The first kappa shape index (κ1) is 22.2. The lowest BCUT2D eigenvalue weighted by Crippen LogP contribution is -2.04. The van der Waals surface area contributed by atoms with Gasteiger partial charge in [0, 0.05) is 17.0 Å². The monoisotopic (exact) mass is 451 g/mol. The van der Waals surface area contributed by atoms with Crippen LogP contribution in [0.5, 0.6) is 5.75 Å². The summed E-state index contributed by atoms with van der Waals surface area (Å²) in [5.41, 5.74) is 12.4. The van der Waals surface area contributed by atoms with Crippen molar-refractivity contribution in [3.63, 3.8) is 0 Å². The van der Waals surface area contributed by atoms with Crippen LogP contribution in [0, 0.1) is 13.8 Å². The molecule has 2 heterocycles. The van der Waals surface area contributed by atoms with Crippen molar-refractivity contribution in [3.8, 4) is 5.75 Å². The molecule has 2 aromatic heterocycles. The van der Waals surface area contributed by atoms with Crippen LogP contribution in [0.4, 0.5) is 5.82 Å². The van der Waals surface area contributed by atoms with Crippen LogP contribution in [0.25, 0.3) is 21.8 Å². The lowest BCUT2D eigenvalue weighted by molar-refractivity contribution is 0.316. The molecule has 4 aromatic rings. The summed E-state index contributed by atoms with van der Waals surface area (Å²) in [6.45, 7) is 4.03. The average molecular weight is 451 g/mol. The van der Waals surface area contributed by atoms with Gasteiger partial charge >= 0.3 is 7.60 Å². The third kappa shape index (κ3) is 4.91. The molecule has 0 atom stereocenters. The lowest BCUT2D eigenvalue weighted by Gasteiger charge is -2.13. The van der Waals surface area contributed by atoms with Gasteiger partial charge in [0.2, 0.25) is 0 Å². The maximum atomic E-state index is 11.0. The molecule has 0 unspecified atom stereocenters. The van der Waals surface area contributed by atoms with Gasteiger partial charge in [-0.3, -0.25) is 9.55 Å². The van der Waals surface area contributed by atoms with Crippen molar-refractivity contribution >= 4 is 35.2 Å². The van der Waals surface area contributed by atoms with Crippen molar-refractivity contribution in [2.45, 2.75) is 26.7 Å². The summed E-state index contributed by atoms with van der Waals surface area (Å²) in [5.74, 6) is 1.04. The molecule has 0 bridgehead atoms. The minimum Gasteiger partial charge on any atom is -0.493 e. The van der Waals surface area contributed by atoms with Gasteiger partial charge in [-0.05, 0) is 73.2 Å². The molecule has 8 heteroatoms. The number of benzene rings is 2. The van der Waals surface area contributed by atoms with Gasteiger partial charge < -0.3 is 20.3 Å². The Morgan fingerprint density at radius 1 is 1.03 bits per heavy atom. The van der Waals surface area contributed by atoms with Crippen LogP contribution in [0.2, 0.25) is 0 Å². The molecule has 2 aromatic carbocycles. The van der Waals surface area contributed by atoms with Crippen LogP contribution in [0.15, 0.2) is 48.7 Å². The summed E-state index contributed by atoms with van der Waals surface area (Å²) >= 11 is 0. The molecule has 0 radical (unpaired) electrons. The summed E-state index contributed by atoms with van der Waals surface area (Å²) in [7, 11) is -4.06. The summed E-state index contributed by atoms with van der Waals surface area (Å²) < 4.78 is 16.5. The van der Waals surface area contributed by atoms with E-state index in [1.54, 1.807) is 6.20 Å².